The Bertz CT molecular complexity index is 495. The number of nitrogens with one attached hydrogen (secondary N) is 1. The molecule has 1 aliphatic rings. The highest BCUT2D eigenvalue weighted by Gasteiger charge is 2.20. The van der Waals surface area contributed by atoms with Gasteiger partial charge in [-0.15, -0.1) is 0 Å². The van der Waals surface area contributed by atoms with Gasteiger partial charge in [0.2, 0.25) is 0 Å². The summed E-state index contributed by atoms with van der Waals surface area (Å²) < 4.78 is 0. The van der Waals surface area contributed by atoms with Gasteiger partial charge >= 0.3 is 5.97 Å². The van der Waals surface area contributed by atoms with Crippen molar-refractivity contribution < 1.29 is 9.90 Å². The Morgan fingerprint density at radius 1 is 1.60 bits per heavy atom. The Labute approximate surface area is 118 Å². The predicted molar refractivity (Wildman–Crippen MR) is 74.4 cm³/mol. The molecular weight excluding hydrogens is 256 g/mol. The molecule has 6 heteroatoms. The van der Waals surface area contributed by atoms with Crippen molar-refractivity contribution in [2.45, 2.75) is 12.8 Å². The maximum Gasteiger partial charge on any atom is 0.317 e. The van der Waals surface area contributed by atoms with Crippen LogP contribution in [0, 0.1) is 17.2 Å². The third-order valence-corrected chi connectivity index (χ3v) is 3.46. The maximum atomic E-state index is 10.5. The number of carbonyl (C=O) groups is 1. The smallest absolute Gasteiger partial charge is 0.317 e. The first-order valence-corrected chi connectivity index (χ1v) is 6.72. The highest BCUT2D eigenvalue weighted by molar-refractivity contribution is 5.68. The molecule has 1 aromatic heterocycles. The van der Waals surface area contributed by atoms with E-state index in [1.807, 2.05) is 12.1 Å². The van der Waals surface area contributed by atoms with Crippen molar-refractivity contribution >= 4 is 11.7 Å². The summed E-state index contributed by atoms with van der Waals surface area (Å²) in [6.07, 6.45) is 3.91. The number of nitriles is 1. The highest BCUT2D eigenvalue weighted by Crippen LogP contribution is 2.22. The van der Waals surface area contributed by atoms with E-state index in [-0.39, 0.29) is 6.54 Å². The molecule has 20 heavy (non-hydrogen) atoms. The van der Waals surface area contributed by atoms with Gasteiger partial charge in [0.25, 0.3) is 0 Å². The standard InChI is InChI=1S/C14H18N4O2/c15-6-12-3-4-13(8-17-12)18-5-1-2-11(10-18)7-16-9-14(19)20/h3-4,8,11,16H,1-2,5,7,9-10H2,(H,19,20). The quantitative estimate of drug-likeness (QED) is 0.827. The van der Waals surface area contributed by atoms with Crippen molar-refractivity contribution in [3.05, 3.63) is 24.0 Å². The van der Waals surface area contributed by atoms with E-state index in [0.717, 1.165) is 31.6 Å². The van der Waals surface area contributed by atoms with Gasteiger partial charge in [-0.1, -0.05) is 0 Å². The summed E-state index contributed by atoms with van der Waals surface area (Å²) in [4.78, 5) is 16.8. The maximum absolute atomic E-state index is 10.5. The van der Waals surface area contributed by atoms with Gasteiger partial charge in [0.1, 0.15) is 11.8 Å². The molecule has 2 N–H and O–H groups in total. The minimum absolute atomic E-state index is 0.00885. The molecule has 1 aliphatic heterocycles. The summed E-state index contributed by atoms with van der Waals surface area (Å²) in [5.74, 6) is -0.382. The molecule has 0 aliphatic carbocycles. The van der Waals surface area contributed by atoms with E-state index in [1.54, 1.807) is 12.3 Å². The average molecular weight is 274 g/mol. The second-order valence-electron chi connectivity index (χ2n) is 4.99. The zero-order valence-electron chi connectivity index (χ0n) is 11.2. The molecule has 1 atom stereocenters. The van der Waals surface area contributed by atoms with E-state index in [1.165, 1.54) is 0 Å². The topological polar surface area (TPSA) is 89.2 Å². The second kappa shape index (κ2) is 6.87. The fourth-order valence-corrected chi connectivity index (χ4v) is 2.49. The minimum Gasteiger partial charge on any atom is -0.480 e. The first-order valence-electron chi connectivity index (χ1n) is 6.72. The van der Waals surface area contributed by atoms with Gasteiger partial charge in [0.15, 0.2) is 0 Å². The second-order valence-corrected chi connectivity index (χ2v) is 4.99. The molecule has 2 heterocycles. The van der Waals surface area contributed by atoms with Gasteiger partial charge in [-0.3, -0.25) is 4.79 Å². The van der Waals surface area contributed by atoms with Crippen LogP contribution in [-0.2, 0) is 4.79 Å². The van der Waals surface area contributed by atoms with Crippen molar-refractivity contribution in [2.75, 3.05) is 31.1 Å². The average Bonchev–Trinajstić information content (AvgIpc) is 2.47. The number of hydrogen-bond acceptors (Lipinski definition) is 5. The van der Waals surface area contributed by atoms with Crippen LogP contribution in [0.5, 0.6) is 0 Å². The van der Waals surface area contributed by atoms with Crippen LogP contribution in [0.25, 0.3) is 0 Å². The Balaban J connectivity index is 1.89. The first-order chi connectivity index (χ1) is 9.69. The number of piperidine rings is 1. The van der Waals surface area contributed by atoms with E-state index in [9.17, 15) is 4.79 Å². The lowest BCUT2D eigenvalue weighted by molar-refractivity contribution is -0.136. The molecule has 1 aromatic rings. The summed E-state index contributed by atoms with van der Waals surface area (Å²) in [7, 11) is 0. The monoisotopic (exact) mass is 274 g/mol. The molecule has 0 radical (unpaired) electrons. The molecule has 1 fully saturated rings. The molecule has 106 valence electrons. The zero-order chi connectivity index (χ0) is 14.4. The molecule has 0 bridgehead atoms. The van der Waals surface area contributed by atoms with Crippen LogP contribution in [-0.4, -0.2) is 42.2 Å². The predicted octanol–water partition coefficient (Wildman–Crippen LogP) is 0.844. The van der Waals surface area contributed by atoms with Crippen molar-refractivity contribution in [3.8, 4) is 6.07 Å². The molecule has 1 unspecified atom stereocenters. The Morgan fingerprint density at radius 3 is 3.10 bits per heavy atom. The molecule has 6 nitrogen and oxygen atoms in total. The van der Waals surface area contributed by atoms with Crippen molar-refractivity contribution in [2.24, 2.45) is 5.92 Å². The third kappa shape index (κ3) is 3.93. The molecule has 0 aromatic carbocycles. The summed E-state index contributed by atoms with van der Waals surface area (Å²) in [5.41, 5.74) is 1.44. The molecule has 0 amide bonds. The number of rotatable bonds is 5. The van der Waals surface area contributed by atoms with Crippen LogP contribution in [0.2, 0.25) is 0 Å². The van der Waals surface area contributed by atoms with E-state index in [4.69, 9.17) is 10.4 Å². The van der Waals surface area contributed by atoms with Crippen LogP contribution >= 0.6 is 0 Å². The number of aromatic nitrogens is 1. The molecular formula is C14H18N4O2. The minimum atomic E-state index is -0.825. The van der Waals surface area contributed by atoms with Gasteiger partial charge < -0.3 is 15.3 Å². The number of hydrogen-bond donors (Lipinski definition) is 2. The number of aliphatic carboxylic acids is 1. The summed E-state index contributed by atoms with van der Waals surface area (Å²) >= 11 is 0. The lowest BCUT2D eigenvalue weighted by Gasteiger charge is -2.34. The van der Waals surface area contributed by atoms with E-state index in [0.29, 0.717) is 18.2 Å². The van der Waals surface area contributed by atoms with Gasteiger partial charge in [-0.05, 0) is 30.9 Å². The fourth-order valence-electron chi connectivity index (χ4n) is 2.49. The molecule has 0 saturated carbocycles. The lowest BCUT2D eigenvalue weighted by Crippen LogP contribution is -2.40. The normalized spacial score (nSPS) is 18.6. The van der Waals surface area contributed by atoms with Crippen LogP contribution in [0.1, 0.15) is 18.5 Å². The summed E-state index contributed by atoms with van der Waals surface area (Å²) in [6, 6.07) is 5.65. The number of carboxylic acid groups (broad SMARTS) is 1. The largest absolute Gasteiger partial charge is 0.480 e. The number of pyridine rings is 1. The van der Waals surface area contributed by atoms with Crippen LogP contribution in [0.15, 0.2) is 18.3 Å². The van der Waals surface area contributed by atoms with Crippen LogP contribution < -0.4 is 10.2 Å². The molecule has 2 rings (SSSR count). The van der Waals surface area contributed by atoms with Crippen LogP contribution in [0.4, 0.5) is 5.69 Å². The van der Waals surface area contributed by atoms with Crippen molar-refractivity contribution in [3.63, 3.8) is 0 Å². The Morgan fingerprint density at radius 2 is 2.45 bits per heavy atom. The Kier molecular flexibility index (Phi) is 4.91. The number of carboxylic acids is 1. The molecule has 0 spiro atoms. The number of anilines is 1. The zero-order valence-corrected chi connectivity index (χ0v) is 11.2. The van der Waals surface area contributed by atoms with Gasteiger partial charge in [-0.2, -0.15) is 5.26 Å². The lowest BCUT2D eigenvalue weighted by atomic mass is 9.97. The SMILES string of the molecule is N#Cc1ccc(N2CCCC(CNCC(=O)O)C2)cn1. The summed E-state index contributed by atoms with van der Waals surface area (Å²) in [6.45, 7) is 2.59. The number of nitrogens with zero attached hydrogens (tertiary/aromatic N) is 3. The van der Waals surface area contributed by atoms with Crippen molar-refractivity contribution in [1.82, 2.24) is 10.3 Å². The first kappa shape index (κ1) is 14.3. The van der Waals surface area contributed by atoms with Crippen LogP contribution in [0.3, 0.4) is 0 Å². The van der Waals surface area contributed by atoms with Crippen molar-refractivity contribution in [1.29, 1.82) is 5.26 Å². The summed E-state index contributed by atoms with van der Waals surface area (Å²) in [5, 5.41) is 20.3. The van der Waals surface area contributed by atoms with Gasteiger partial charge in [0.05, 0.1) is 18.4 Å². The van der Waals surface area contributed by atoms with Gasteiger partial charge in [-0.25, -0.2) is 4.98 Å². The van der Waals surface area contributed by atoms with E-state index < -0.39 is 5.97 Å². The van der Waals surface area contributed by atoms with Gasteiger partial charge in [0, 0.05) is 19.6 Å². The van der Waals surface area contributed by atoms with E-state index in [2.05, 4.69) is 15.2 Å². The highest BCUT2D eigenvalue weighted by atomic mass is 16.4. The molecule has 1 saturated heterocycles. The fraction of sp³-hybridized carbons (Fsp3) is 0.500. The Hall–Kier alpha value is -2.13. The van der Waals surface area contributed by atoms with E-state index >= 15 is 0 Å². The third-order valence-electron chi connectivity index (χ3n) is 3.46.